The van der Waals surface area contributed by atoms with Gasteiger partial charge < -0.3 is 10.1 Å². The smallest absolute Gasteiger partial charge is 0.319 e. The zero-order chi connectivity index (χ0) is 18.2. The van der Waals surface area contributed by atoms with E-state index in [1.54, 1.807) is 23.1 Å². The Hall–Kier alpha value is -2.08. The van der Waals surface area contributed by atoms with Crippen molar-refractivity contribution in [3.05, 3.63) is 64.1 Å². The average Bonchev–Trinajstić information content (AvgIpc) is 2.58. The summed E-state index contributed by atoms with van der Waals surface area (Å²) in [6, 6.07) is 14.4. The lowest BCUT2D eigenvalue weighted by atomic mass is 10.2. The van der Waals surface area contributed by atoms with E-state index in [0.29, 0.717) is 22.3 Å². The second kappa shape index (κ2) is 9.42. The molecule has 1 amide bonds. The van der Waals surface area contributed by atoms with Crippen LogP contribution in [0, 0.1) is 0 Å². The SMILES string of the molecule is COC(=O)CN(CC(=O)Nc1cc(Cl)ccc1Cl)Cc1ccccc1. The van der Waals surface area contributed by atoms with Crippen molar-refractivity contribution >= 4 is 40.8 Å². The van der Waals surface area contributed by atoms with Gasteiger partial charge >= 0.3 is 5.97 Å². The van der Waals surface area contributed by atoms with E-state index in [4.69, 9.17) is 27.9 Å². The standard InChI is InChI=1S/C18H18Cl2N2O3/c1-25-18(24)12-22(10-13-5-3-2-4-6-13)11-17(23)21-16-9-14(19)7-8-15(16)20/h2-9H,10-12H2,1H3,(H,21,23). The van der Waals surface area contributed by atoms with Crippen LogP contribution >= 0.6 is 23.2 Å². The van der Waals surface area contributed by atoms with Gasteiger partial charge in [-0.15, -0.1) is 0 Å². The summed E-state index contributed by atoms with van der Waals surface area (Å²) in [5.41, 5.74) is 1.41. The zero-order valence-corrected chi connectivity index (χ0v) is 15.2. The molecular weight excluding hydrogens is 363 g/mol. The third-order valence-corrected chi connectivity index (χ3v) is 3.96. The van der Waals surface area contributed by atoms with E-state index in [9.17, 15) is 9.59 Å². The molecule has 0 atom stereocenters. The van der Waals surface area contributed by atoms with Gasteiger partial charge in [0.05, 0.1) is 30.9 Å². The van der Waals surface area contributed by atoms with Crippen molar-refractivity contribution in [3.8, 4) is 0 Å². The van der Waals surface area contributed by atoms with E-state index < -0.39 is 5.97 Å². The quantitative estimate of drug-likeness (QED) is 0.745. The first-order valence-corrected chi connectivity index (χ1v) is 8.31. The topological polar surface area (TPSA) is 58.6 Å². The fraction of sp³-hybridized carbons (Fsp3) is 0.222. The van der Waals surface area contributed by atoms with Crippen molar-refractivity contribution in [3.63, 3.8) is 0 Å². The van der Waals surface area contributed by atoms with Gasteiger partial charge in [-0.2, -0.15) is 0 Å². The summed E-state index contributed by atoms with van der Waals surface area (Å²) in [5, 5.41) is 3.57. The number of hydrogen-bond donors (Lipinski definition) is 1. The highest BCUT2D eigenvalue weighted by atomic mass is 35.5. The Morgan fingerprint density at radius 2 is 1.80 bits per heavy atom. The van der Waals surface area contributed by atoms with Gasteiger partial charge in [-0.05, 0) is 23.8 Å². The van der Waals surface area contributed by atoms with Crippen LogP contribution in [0.1, 0.15) is 5.56 Å². The highest BCUT2D eigenvalue weighted by molar-refractivity contribution is 6.35. The number of esters is 1. The summed E-state index contributed by atoms with van der Waals surface area (Å²) < 4.78 is 4.70. The number of carbonyl (C=O) groups excluding carboxylic acids is 2. The van der Waals surface area contributed by atoms with Crippen molar-refractivity contribution in [2.24, 2.45) is 0 Å². The molecule has 2 rings (SSSR count). The lowest BCUT2D eigenvalue weighted by Crippen LogP contribution is -2.37. The highest BCUT2D eigenvalue weighted by Crippen LogP contribution is 2.25. The van der Waals surface area contributed by atoms with Gasteiger partial charge in [0.2, 0.25) is 5.91 Å². The predicted molar refractivity (Wildman–Crippen MR) is 98.8 cm³/mol. The number of hydrogen-bond acceptors (Lipinski definition) is 4. The van der Waals surface area contributed by atoms with Gasteiger partial charge in [0.15, 0.2) is 0 Å². The van der Waals surface area contributed by atoms with Crippen molar-refractivity contribution in [2.75, 3.05) is 25.5 Å². The molecule has 0 spiro atoms. The van der Waals surface area contributed by atoms with E-state index in [2.05, 4.69) is 5.32 Å². The second-order valence-electron chi connectivity index (χ2n) is 5.38. The molecule has 7 heteroatoms. The number of anilines is 1. The summed E-state index contributed by atoms with van der Waals surface area (Å²) in [4.78, 5) is 25.6. The molecule has 0 saturated heterocycles. The van der Waals surface area contributed by atoms with Gasteiger partial charge in [-0.3, -0.25) is 14.5 Å². The fourth-order valence-corrected chi connectivity index (χ4v) is 2.58. The Morgan fingerprint density at radius 3 is 2.48 bits per heavy atom. The number of benzene rings is 2. The van der Waals surface area contributed by atoms with Crippen molar-refractivity contribution in [2.45, 2.75) is 6.54 Å². The molecular formula is C18H18Cl2N2O3. The lowest BCUT2D eigenvalue weighted by Gasteiger charge is -2.20. The predicted octanol–water partition coefficient (Wildman–Crippen LogP) is 3.61. The van der Waals surface area contributed by atoms with Crippen LogP contribution in [0.3, 0.4) is 0 Å². The number of methoxy groups -OCH3 is 1. The Balaban J connectivity index is 2.05. The van der Waals surface area contributed by atoms with Crippen LogP contribution in [0.2, 0.25) is 10.0 Å². The summed E-state index contributed by atoms with van der Waals surface area (Å²) in [6.07, 6.45) is 0. The molecule has 2 aromatic rings. The van der Waals surface area contributed by atoms with Crippen LogP contribution in [-0.4, -0.2) is 37.0 Å². The Bertz CT molecular complexity index is 738. The third-order valence-electron chi connectivity index (χ3n) is 3.40. The number of carbonyl (C=O) groups is 2. The fourth-order valence-electron chi connectivity index (χ4n) is 2.24. The van der Waals surface area contributed by atoms with E-state index in [0.717, 1.165) is 5.56 Å². The molecule has 0 heterocycles. The maximum absolute atomic E-state index is 12.3. The normalized spacial score (nSPS) is 10.6. The van der Waals surface area contributed by atoms with Gasteiger partial charge in [0.1, 0.15) is 0 Å². The number of nitrogens with zero attached hydrogens (tertiary/aromatic N) is 1. The van der Waals surface area contributed by atoms with Crippen molar-refractivity contribution in [1.29, 1.82) is 0 Å². The molecule has 1 N–H and O–H groups in total. The van der Waals surface area contributed by atoms with Gasteiger partial charge in [-0.1, -0.05) is 53.5 Å². The second-order valence-corrected chi connectivity index (χ2v) is 6.22. The number of amides is 1. The van der Waals surface area contributed by atoms with E-state index >= 15 is 0 Å². The highest BCUT2D eigenvalue weighted by Gasteiger charge is 2.16. The summed E-state index contributed by atoms with van der Waals surface area (Å²) >= 11 is 12.0. The molecule has 0 aliphatic heterocycles. The largest absolute Gasteiger partial charge is 0.468 e. The first kappa shape index (κ1) is 19.2. The Morgan fingerprint density at radius 1 is 1.08 bits per heavy atom. The molecule has 0 saturated carbocycles. The summed E-state index contributed by atoms with van der Waals surface area (Å²) in [6.45, 7) is 0.446. The van der Waals surface area contributed by atoms with Gasteiger partial charge in [0.25, 0.3) is 0 Å². The van der Waals surface area contributed by atoms with E-state index in [1.165, 1.54) is 7.11 Å². The molecule has 0 fully saturated rings. The maximum Gasteiger partial charge on any atom is 0.319 e. The average molecular weight is 381 g/mol. The molecule has 0 aliphatic rings. The van der Waals surface area contributed by atoms with Crippen LogP contribution in [0.5, 0.6) is 0 Å². The zero-order valence-electron chi connectivity index (χ0n) is 13.7. The lowest BCUT2D eigenvalue weighted by molar-refractivity contribution is -0.142. The third kappa shape index (κ3) is 6.38. The van der Waals surface area contributed by atoms with Crippen LogP contribution in [0.4, 0.5) is 5.69 Å². The molecule has 0 radical (unpaired) electrons. The maximum atomic E-state index is 12.3. The van der Waals surface area contributed by atoms with Crippen LogP contribution in [0.25, 0.3) is 0 Å². The van der Waals surface area contributed by atoms with Crippen LogP contribution in [0.15, 0.2) is 48.5 Å². The number of ether oxygens (including phenoxy) is 1. The number of nitrogens with one attached hydrogen (secondary N) is 1. The van der Waals surface area contributed by atoms with E-state index in [-0.39, 0.29) is 19.0 Å². The minimum atomic E-state index is -0.412. The molecule has 0 aromatic heterocycles. The molecule has 132 valence electrons. The van der Waals surface area contributed by atoms with Gasteiger partial charge in [-0.25, -0.2) is 0 Å². The van der Waals surface area contributed by atoms with Gasteiger partial charge in [0, 0.05) is 11.6 Å². The first-order valence-electron chi connectivity index (χ1n) is 7.56. The van der Waals surface area contributed by atoms with Crippen molar-refractivity contribution in [1.82, 2.24) is 4.90 Å². The Kier molecular flexibility index (Phi) is 7.25. The van der Waals surface area contributed by atoms with E-state index in [1.807, 2.05) is 30.3 Å². The summed E-state index contributed by atoms with van der Waals surface area (Å²) in [7, 11) is 1.31. The first-order chi connectivity index (χ1) is 12.0. The van der Waals surface area contributed by atoms with Crippen LogP contribution in [-0.2, 0) is 20.9 Å². The molecule has 5 nitrogen and oxygen atoms in total. The summed E-state index contributed by atoms with van der Waals surface area (Å²) in [5.74, 6) is -0.714. The molecule has 0 aliphatic carbocycles. The monoisotopic (exact) mass is 380 g/mol. The molecule has 25 heavy (non-hydrogen) atoms. The number of halogens is 2. The van der Waals surface area contributed by atoms with Crippen molar-refractivity contribution < 1.29 is 14.3 Å². The minimum Gasteiger partial charge on any atom is -0.468 e. The number of rotatable bonds is 7. The minimum absolute atomic E-state index is 0.00208. The Labute approximate surface area is 156 Å². The molecule has 0 unspecified atom stereocenters. The molecule has 2 aromatic carbocycles. The molecule has 0 bridgehead atoms. The van der Waals surface area contributed by atoms with Crippen LogP contribution < -0.4 is 5.32 Å².